The molecular formula is C14H20ClN3O2. The summed E-state index contributed by atoms with van der Waals surface area (Å²) in [5.41, 5.74) is 1.58. The molecule has 6 heteroatoms. The van der Waals surface area contributed by atoms with Crippen molar-refractivity contribution in [3.63, 3.8) is 0 Å². The van der Waals surface area contributed by atoms with Gasteiger partial charge in [-0.1, -0.05) is 6.07 Å². The van der Waals surface area contributed by atoms with E-state index in [1.807, 2.05) is 24.1 Å². The first-order chi connectivity index (χ1) is 9.52. The van der Waals surface area contributed by atoms with Crippen LogP contribution in [0.4, 0.5) is 11.4 Å². The van der Waals surface area contributed by atoms with Crippen molar-refractivity contribution < 1.29 is 4.92 Å². The molecule has 1 unspecified atom stereocenters. The number of anilines is 1. The Bertz CT molecular complexity index is 495. The Labute approximate surface area is 124 Å². The second-order valence-corrected chi connectivity index (χ2v) is 5.65. The zero-order valence-electron chi connectivity index (χ0n) is 11.9. The van der Waals surface area contributed by atoms with Crippen LogP contribution in [-0.4, -0.2) is 43.0 Å². The molecule has 20 heavy (non-hydrogen) atoms. The van der Waals surface area contributed by atoms with Crippen molar-refractivity contribution >= 4 is 23.0 Å². The molecule has 1 fully saturated rings. The number of nitro groups is 1. The van der Waals surface area contributed by atoms with Crippen molar-refractivity contribution in [2.45, 2.75) is 24.8 Å². The number of benzene rings is 1. The highest BCUT2D eigenvalue weighted by atomic mass is 35.5. The first-order valence-corrected chi connectivity index (χ1v) is 7.31. The van der Waals surface area contributed by atoms with Crippen LogP contribution in [-0.2, 0) is 5.88 Å². The molecular weight excluding hydrogens is 278 g/mol. The largest absolute Gasteiger partial charge is 0.365 e. The Morgan fingerprint density at radius 3 is 2.90 bits per heavy atom. The van der Waals surface area contributed by atoms with E-state index in [2.05, 4.69) is 11.9 Å². The van der Waals surface area contributed by atoms with E-state index < -0.39 is 0 Å². The average molecular weight is 298 g/mol. The minimum absolute atomic E-state index is 0.138. The highest BCUT2D eigenvalue weighted by molar-refractivity contribution is 6.17. The summed E-state index contributed by atoms with van der Waals surface area (Å²) >= 11 is 5.76. The van der Waals surface area contributed by atoms with Gasteiger partial charge in [0.05, 0.1) is 4.92 Å². The quantitative estimate of drug-likeness (QED) is 0.487. The molecule has 1 heterocycles. The standard InChI is InChI=1S/C14H20ClN3O2/c1-16-7-3-4-12(10-16)17(2)13-6-5-11(9-15)8-14(13)18(19)20/h5-6,8,12H,3-4,7,9-10H2,1-2H3. The maximum absolute atomic E-state index is 11.3. The molecule has 2 rings (SSSR count). The van der Waals surface area contributed by atoms with Crippen molar-refractivity contribution in [2.75, 3.05) is 32.1 Å². The predicted octanol–water partition coefficient (Wildman–Crippen LogP) is 2.86. The van der Waals surface area contributed by atoms with E-state index in [1.165, 1.54) is 0 Å². The van der Waals surface area contributed by atoms with Gasteiger partial charge in [-0.05, 0) is 38.1 Å². The van der Waals surface area contributed by atoms with Gasteiger partial charge in [-0.3, -0.25) is 10.1 Å². The van der Waals surface area contributed by atoms with Crippen LogP contribution in [0.3, 0.4) is 0 Å². The molecule has 1 saturated heterocycles. The van der Waals surface area contributed by atoms with Gasteiger partial charge in [0.2, 0.25) is 0 Å². The highest BCUT2D eigenvalue weighted by Gasteiger charge is 2.26. The first-order valence-electron chi connectivity index (χ1n) is 6.77. The van der Waals surface area contributed by atoms with E-state index in [9.17, 15) is 10.1 Å². The van der Waals surface area contributed by atoms with Crippen molar-refractivity contribution in [3.8, 4) is 0 Å². The zero-order chi connectivity index (χ0) is 14.7. The van der Waals surface area contributed by atoms with E-state index >= 15 is 0 Å². The lowest BCUT2D eigenvalue weighted by Gasteiger charge is -2.36. The average Bonchev–Trinajstić information content (AvgIpc) is 2.45. The fourth-order valence-corrected chi connectivity index (χ4v) is 2.91. The number of nitrogens with zero attached hydrogens (tertiary/aromatic N) is 3. The SMILES string of the molecule is CN1CCCC(N(C)c2ccc(CCl)cc2[N+](=O)[O-])C1. The van der Waals surface area contributed by atoms with Crippen LogP contribution in [0.15, 0.2) is 18.2 Å². The molecule has 0 bridgehead atoms. The van der Waals surface area contributed by atoms with Crippen molar-refractivity contribution in [2.24, 2.45) is 0 Å². The molecule has 0 aromatic heterocycles. The molecule has 1 aromatic carbocycles. The van der Waals surface area contributed by atoms with Gasteiger partial charge in [-0.15, -0.1) is 11.6 Å². The van der Waals surface area contributed by atoms with Gasteiger partial charge in [0.1, 0.15) is 5.69 Å². The predicted molar refractivity (Wildman–Crippen MR) is 81.6 cm³/mol. The number of hydrogen-bond acceptors (Lipinski definition) is 4. The second-order valence-electron chi connectivity index (χ2n) is 5.38. The van der Waals surface area contributed by atoms with E-state index in [4.69, 9.17) is 11.6 Å². The molecule has 0 radical (unpaired) electrons. The van der Waals surface area contributed by atoms with Crippen LogP contribution < -0.4 is 4.90 Å². The highest BCUT2D eigenvalue weighted by Crippen LogP contribution is 2.31. The van der Waals surface area contributed by atoms with Crippen LogP contribution >= 0.6 is 11.6 Å². The van der Waals surface area contributed by atoms with Gasteiger partial charge in [0.25, 0.3) is 5.69 Å². The third-order valence-corrected chi connectivity index (χ3v) is 4.23. The molecule has 1 aliphatic rings. The van der Waals surface area contributed by atoms with Crippen molar-refractivity contribution in [3.05, 3.63) is 33.9 Å². The zero-order valence-corrected chi connectivity index (χ0v) is 12.6. The fourth-order valence-electron chi connectivity index (χ4n) is 2.75. The lowest BCUT2D eigenvalue weighted by atomic mass is 10.0. The maximum Gasteiger partial charge on any atom is 0.292 e. The summed E-state index contributed by atoms with van der Waals surface area (Å²) in [7, 11) is 4.03. The molecule has 110 valence electrons. The molecule has 0 N–H and O–H groups in total. The molecule has 1 aromatic rings. The van der Waals surface area contributed by atoms with Gasteiger partial charge in [-0.25, -0.2) is 0 Å². The van der Waals surface area contributed by atoms with Gasteiger partial charge < -0.3 is 9.80 Å². The van der Waals surface area contributed by atoms with E-state index in [0.29, 0.717) is 11.7 Å². The lowest BCUT2D eigenvalue weighted by Crippen LogP contribution is -2.45. The van der Waals surface area contributed by atoms with Crippen LogP contribution in [0.5, 0.6) is 0 Å². The van der Waals surface area contributed by atoms with Crippen molar-refractivity contribution in [1.29, 1.82) is 0 Å². The molecule has 0 amide bonds. The van der Waals surface area contributed by atoms with Crippen LogP contribution in [0, 0.1) is 10.1 Å². The number of likely N-dealkylation sites (tertiary alicyclic amines) is 1. The van der Waals surface area contributed by atoms with E-state index in [-0.39, 0.29) is 16.5 Å². The molecule has 0 saturated carbocycles. The Morgan fingerprint density at radius 1 is 1.55 bits per heavy atom. The Hall–Kier alpha value is -1.33. The van der Waals surface area contributed by atoms with E-state index in [1.54, 1.807) is 6.07 Å². The van der Waals surface area contributed by atoms with Crippen LogP contribution in [0.1, 0.15) is 18.4 Å². The summed E-state index contributed by atoms with van der Waals surface area (Å²) in [6.07, 6.45) is 2.19. The molecule has 1 aliphatic heterocycles. The third-order valence-electron chi connectivity index (χ3n) is 3.92. The second kappa shape index (κ2) is 6.41. The third kappa shape index (κ3) is 3.22. The number of likely N-dealkylation sites (N-methyl/N-ethyl adjacent to an activating group) is 2. The maximum atomic E-state index is 11.3. The normalized spacial score (nSPS) is 19.9. The molecule has 5 nitrogen and oxygen atoms in total. The minimum atomic E-state index is -0.325. The summed E-state index contributed by atoms with van der Waals surface area (Å²) in [6, 6.07) is 5.56. The number of rotatable bonds is 4. The Kier molecular flexibility index (Phi) is 4.83. The van der Waals surface area contributed by atoms with Gasteiger partial charge in [-0.2, -0.15) is 0 Å². The summed E-state index contributed by atoms with van der Waals surface area (Å²) in [4.78, 5) is 15.2. The number of nitro benzene ring substituents is 1. The molecule has 1 atom stereocenters. The molecule has 0 aliphatic carbocycles. The number of halogens is 1. The number of piperidine rings is 1. The van der Waals surface area contributed by atoms with Gasteiger partial charge >= 0.3 is 0 Å². The smallest absolute Gasteiger partial charge is 0.292 e. The Balaban J connectivity index is 2.28. The van der Waals surface area contributed by atoms with Gasteiger partial charge in [0, 0.05) is 31.6 Å². The van der Waals surface area contributed by atoms with Crippen molar-refractivity contribution in [1.82, 2.24) is 4.90 Å². The summed E-state index contributed by atoms with van der Waals surface area (Å²) < 4.78 is 0. The fraction of sp³-hybridized carbons (Fsp3) is 0.571. The Morgan fingerprint density at radius 2 is 2.30 bits per heavy atom. The van der Waals surface area contributed by atoms with Crippen LogP contribution in [0.25, 0.3) is 0 Å². The lowest BCUT2D eigenvalue weighted by molar-refractivity contribution is -0.384. The first kappa shape index (κ1) is 15.1. The minimum Gasteiger partial charge on any atom is -0.365 e. The van der Waals surface area contributed by atoms with Gasteiger partial charge in [0.15, 0.2) is 0 Å². The topological polar surface area (TPSA) is 49.6 Å². The summed E-state index contributed by atoms with van der Waals surface area (Å²) in [5.74, 6) is 0.289. The monoisotopic (exact) mass is 297 g/mol. The van der Waals surface area contributed by atoms with E-state index in [0.717, 1.165) is 31.5 Å². The van der Waals surface area contributed by atoms with Crippen LogP contribution in [0.2, 0.25) is 0 Å². The number of hydrogen-bond donors (Lipinski definition) is 0. The number of alkyl halides is 1. The summed E-state index contributed by atoms with van der Waals surface area (Å²) in [5, 5.41) is 11.3. The molecule has 0 spiro atoms. The summed E-state index contributed by atoms with van der Waals surface area (Å²) in [6.45, 7) is 2.03.